The van der Waals surface area contributed by atoms with Crippen LogP contribution in [0, 0.1) is 0 Å². The van der Waals surface area contributed by atoms with Gasteiger partial charge in [0.2, 0.25) is 0 Å². The van der Waals surface area contributed by atoms with Gasteiger partial charge in [0.1, 0.15) is 0 Å². The molecule has 0 aliphatic heterocycles. The van der Waals surface area contributed by atoms with Crippen LogP contribution in [0.3, 0.4) is 0 Å². The summed E-state index contributed by atoms with van der Waals surface area (Å²) in [5.74, 6) is 0. The second kappa shape index (κ2) is 7.50. The molecule has 0 aromatic carbocycles. The number of allylic oxidation sites excluding steroid dienone is 11. The zero-order valence-corrected chi connectivity index (χ0v) is 11.3. The molecule has 0 aromatic rings. The highest BCUT2D eigenvalue weighted by molar-refractivity contribution is 5.44. The molecule has 1 aliphatic carbocycles. The lowest BCUT2D eigenvalue weighted by atomic mass is 9.99. The summed E-state index contributed by atoms with van der Waals surface area (Å²) in [5, 5.41) is 0. The fourth-order valence-electron chi connectivity index (χ4n) is 1.59. The molecule has 1 aliphatic rings. The van der Waals surface area contributed by atoms with Gasteiger partial charge >= 0.3 is 0 Å². The van der Waals surface area contributed by atoms with E-state index in [1.54, 1.807) is 0 Å². The maximum Gasteiger partial charge on any atom is -0.0157 e. The van der Waals surface area contributed by atoms with Crippen molar-refractivity contribution in [1.29, 1.82) is 0 Å². The van der Waals surface area contributed by atoms with Crippen LogP contribution >= 0.6 is 0 Å². The lowest BCUT2D eigenvalue weighted by Crippen LogP contribution is -1.87. The van der Waals surface area contributed by atoms with E-state index in [9.17, 15) is 0 Å². The van der Waals surface area contributed by atoms with Gasteiger partial charge in [-0.2, -0.15) is 0 Å². The largest absolute Gasteiger partial charge is 0.0955 e. The van der Waals surface area contributed by atoms with E-state index in [0.717, 1.165) is 30.4 Å². The molecule has 0 N–H and O–H groups in total. The topological polar surface area (TPSA) is 0 Å². The lowest BCUT2D eigenvalue weighted by molar-refractivity contribution is 0.995. The molecule has 18 heavy (non-hydrogen) atoms. The molecule has 0 atom stereocenters. The maximum absolute atomic E-state index is 4.16. The van der Waals surface area contributed by atoms with Gasteiger partial charge in [0, 0.05) is 0 Å². The summed E-state index contributed by atoms with van der Waals surface area (Å²) in [4.78, 5) is 0. The van der Waals surface area contributed by atoms with Crippen molar-refractivity contribution >= 4 is 0 Å². The van der Waals surface area contributed by atoms with Gasteiger partial charge in [-0.15, -0.1) is 0 Å². The molecule has 0 radical (unpaired) electrons. The Morgan fingerprint density at radius 2 is 1.94 bits per heavy atom. The summed E-state index contributed by atoms with van der Waals surface area (Å²) in [6.07, 6.45) is 17.8. The first-order valence-electron chi connectivity index (χ1n) is 6.34. The van der Waals surface area contributed by atoms with Gasteiger partial charge in [0.05, 0.1) is 0 Å². The highest BCUT2D eigenvalue weighted by Crippen LogP contribution is 2.19. The van der Waals surface area contributed by atoms with Gasteiger partial charge in [-0.3, -0.25) is 0 Å². The van der Waals surface area contributed by atoms with Crippen molar-refractivity contribution in [3.05, 3.63) is 84.6 Å². The maximum atomic E-state index is 4.16. The van der Waals surface area contributed by atoms with Gasteiger partial charge in [-0.1, -0.05) is 67.8 Å². The highest BCUT2D eigenvalue weighted by atomic mass is 14.0. The van der Waals surface area contributed by atoms with Crippen LogP contribution in [0.5, 0.6) is 0 Å². The Bertz CT molecular complexity index is 450. The highest BCUT2D eigenvalue weighted by Gasteiger charge is 1.99. The summed E-state index contributed by atoms with van der Waals surface area (Å²) < 4.78 is 0. The van der Waals surface area contributed by atoms with E-state index in [4.69, 9.17) is 0 Å². The van der Waals surface area contributed by atoms with Gasteiger partial charge in [0.15, 0.2) is 0 Å². The monoisotopic (exact) mass is 238 g/mol. The van der Waals surface area contributed by atoms with Crippen LogP contribution < -0.4 is 0 Å². The normalized spacial score (nSPS) is 23.2. The van der Waals surface area contributed by atoms with Crippen molar-refractivity contribution in [2.75, 3.05) is 0 Å². The second-order valence-electron chi connectivity index (χ2n) is 4.53. The minimum atomic E-state index is 0.933. The van der Waals surface area contributed by atoms with E-state index < -0.39 is 0 Å². The van der Waals surface area contributed by atoms with Crippen LogP contribution in [0.4, 0.5) is 0 Å². The molecule has 0 bridgehead atoms. The first-order chi connectivity index (χ1) is 8.61. The molecular formula is C18H22. The van der Waals surface area contributed by atoms with Gasteiger partial charge in [-0.05, 0) is 42.9 Å². The van der Waals surface area contributed by atoms with Gasteiger partial charge in [-0.25, -0.2) is 0 Å². The molecule has 0 aromatic heterocycles. The summed E-state index contributed by atoms with van der Waals surface area (Å²) in [6, 6.07) is 0. The molecule has 0 spiro atoms. The standard InChI is InChI=1S/C18H22/c1-15(2)16(3)13-14-18-12-10-8-6-5-7-9-11-17(18)4/h5-8,12-14H,1,3-4,9-11H2,2H3/b7-5-,8-6-,14-13-,18-12-. The van der Waals surface area contributed by atoms with Crippen molar-refractivity contribution in [2.45, 2.75) is 26.2 Å². The van der Waals surface area contributed by atoms with E-state index >= 15 is 0 Å². The predicted octanol–water partition coefficient (Wildman–Crippen LogP) is 5.45. The molecule has 0 fully saturated rings. The summed E-state index contributed by atoms with van der Waals surface area (Å²) in [7, 11) is 0. The van der Waals surface area contributed by atoms with E-state index in [0.29, 0.717) is 0 Å². The Kier molecular flexibility index (Phi) is 5.93. The third-order valence-corrected chi connectivity index (χ3v) is 2.89. The third kappa shape index (κ3) is 5.01. The summed E-state index contributed by atoms with van der Waals surface area (Å²) in [6.45, 7) is 14.0. The Morgan fingerprint density at radius 1 is 1.22 bits per heavy atom. The SMILES string of the molecule is C=C(C)C(=C)/C=C\C1=C\C/C=C\C=C/CCC1=C. The van der Waals surface area contributed by atoms with Crippen molar-refractivity contribution in [3.63, 3.8) is 0 Å². The van der Waals surface area contributed by atoms with E-state index in [1.165, 1.54) is 11.1 Å². The van der Waals surface area contributed by atoms with Gasteiger partial charge < -0.3 is 0 Å². The van der Waals surface area contributed by atoms with Crippen LogP contribution in [-0.4, -0.2) is 0 Å². The molecule has 0 nitrogen and oxygen atoms in total. The van der Waals surface area contributed by atoms with E-state index in [2.05, 4.69) is 56.2 Å². The first-order valence-corrected chi connectivity index (χ1v) is 6.34. The fraction of sp³-hybridized carbons (Fsp3) is 0.222. The molecule has 0 heteroatoms. The lowest BCUT2D eigenvalue weighted by Gasteiger charge is -2.07. The Hall–Kier alpha value is -1.82. The molecule has 94 valence electrons. The zero-order valence-electron chi connectivity index (χ0n) is 11.3. The van der Waals surface area contributed by atoms with Crippen LogP contribution in [0.15, 0.2) is 84.6 Å². The molecule has 0 amide bonds. The van der Waals surface area contributed by atoms with E-state index in [1.807, 2.05) is 13.0 Å². The average molecular weight is 238 g/mol. The molecule has 0 saturated heterocycles. The zero-order chi connectivity index (χ0) is 13.4. The van der Waals surface area contributed by atoms with Crippen LogP contribution in [0.25, 0.3) is 0 Å². The first kappa shape index (κ1) is 14.2. The Balaban J connectivity index is 2.82. The quantitative estimate of drug-likeness (QED) is 0.573. The van der Waals surface area contributed by atoms with Crippen molar-refractivity contribution < 1.29 is 0 Å². The number of hydrogen-bond donors (Lipinski definition) is 0. The van der Waals surface area contributed by atoms with Crippen molar-refractivity contribution in [2.24, 2.45) is 0 Å². The minimum Gasteiger partial charge on any atom is -0.0955 e. The minimum absolute atomic E-state index is 0.933. The van der Waals surface area contributed by atoms with Crippen molar-refractivity contribution in [1.82, 2.24) is 0 Å². The predicted molar refractivity (Wildman–Crippen MR) is 82.4 cm³/mol. The summed E-state index contributed by atoms with van der Waals surface area (Å²) in [5.41, 5.74) is 4.36. The van der Waals surface area contributed by atoms with E-state index in [-0.39, 0.29) is 0 Å². The Labute approximate surface area is 111 Å². The summed E-state index contributed by atoms with van der Waals surface area (Å²) >= 11 is 0. The fourth-order valence-corrected chi connectivity index (χ4v) is 1.59. The number of hydrogen-bond acceptors (Lipinski definition) is 0. The third-order valence-electron chi connectivity index (χ3n) is 2.89. The molecule has 0 saturated carbocycles. The van der Waals surface area contributed by atoms with Crippen LogP contribution in [-0.2, 0) is 0 Å². The number of rotatable bonds is 3. The smallest absolute Gasteiger partial charge is 0.0157 e. The molecule has 0 heterocycles. The Morgan fingerprint density at radius 3 is 2.67 bits per heavy atom. The second-order valence-corrected chi connectivity index (χ2v) is 4.53. The van der Waals surface area contributed by atoms with Gasteiger partial charge in [0.25, 0.3) is 0 Å². The van der Waals surface area contributed by atoms with Crippen molar-refractivity contribution in [3.8, 4) is 0 Å². The molecule has 1 rings (SSSR count). The average Bonchev–Trinajstić information content (AvgIpc) is 2.35. The van der Waals surface area contributed by atoms with Crippen LogP contribution in [0.2, 0.25) is 0 Å². The molecular weight excluding hydrogens is 216 g/mol. The van der Waals surface area contributed by atoms with Crippen LogP contribution in [0.1, 0.15) is 26.2 Å². The molecule has 0 unspecified atom stereocenters.